The smallest absolute Gasteiger partial charge is 0.341 e. The molecule has 2 aromatic carbocycles. The Bertz CT molecular complexity index is 1250. The summed E-state index contributed by atoms with van der Waals surface area (Å²) in [6.45, 7) is 5.22. The number of hydrogen-bond acceptors (Lipinski definition) is 7. The Hall–Kier alpha value is -2.69. The summed E-state index contributed by atoms with van der Waals surface area (Å²) in [6.07, 6.45) is 0.404. The Morgan fingerprint density at radius 1 is 0.875 bits per heavy atom. The zero-order valence-corrected chi connectivity index (χ0v) is 20.3. The first-order valence-electron chi connectivity index (χ1n) is 9.86. The van der Waals surface area contributed by atoms with Crippen LogP contribution in [0.25, 0.3) is 0 Å². The molecule has 0 amide bonds. The van der Waals surface area contributed by atoms with Gasteiger partial charge in [-0.1, -0.05) is 43.3 Å². The highest BCUT2D eigenvalue weighted by Gasteiger charge is 2.41. The van der Waals surface area contributed by atoms with Gasteiger partial charge in [0, 0.05) is 4.88 Å². The first-order chi connectivity index (χ1) is 15.2. The van der Waals surface area contributed by atoms with Crippen molar-refractivity contribution in [3.63, 3.8) is 0 Å². The van der Waals surface area contributed by atoms with Crippen molar-refractivity contribution in [3.05, 3.63) is 76.7 Å². The zero-order chi connectivity index (χ0) is 23.5. The van der Waals surface area contributed by atoms with E-state index in [4.69, 9.17) is 4.74 Å². The number of carbonyl (C=O) groups is 1. The molecule has 0 unspecified atom stereocenters. The summed E-state index contributed by atoms with van der Waals surface area (Å²) >= 11 is 0.938. The molecule has 0 aliphatic rings. The fourth-order valence-electron chi connectivity index (χ4n) is 3.25. The minimum absolute atomic E-state index is 0.0455. The van der Waals surface area contributed by atoms with E-state index in [2.05, 4.69) is 0 Å². The van der Waals surface area contributed by atoms with E-state index in [0.717, 1.165) is 11.3 Å². The Kier molecular flexibility index (Phi) is 7.06. The Balaban J connectivity index is 2.39. The average molecular weight is 494 g/mol. The van der Waals surface area contributed by atoms with Crippen molar-refractivity contribution in [2.75, 3.05) is 10.3 Å². The van der Waals surface area contributed by atoms with Crippen LogP contribution in [-0.4, -0.2) is 29.4 Å². The maximum absolute atomic E-state index is 13.7. The van der Waals surface area contributed by atoms with Gasteiger partial charge >= 0.3 is 5.97 Å². The normalized spacial score (nSPS) is 11.8. The van der Waals surface area contributed by atoms with Crippen LogP contribution in [-0.2, 0) is 31.2 Å². The molecular weight excluding hydrogens is 470 g/mol. The van der Waals surface area contributed by atoms with Crippen LogP contribution in [0.15, 0.2) is 70.5 Å². The number of thiophene rings is 1. The van der Waals surface area contributed by atoms with Crippen molar-refractivity contribution < 1.29 is 26.4 Å². The predicted octanol–water partition coefficient (Wildman–Crippen LogP) is 4.38. The molecule has 0 N–H and O–H groups in total. The van der Waals surface area contributed by atoms with Crippen molar-refractivity contribution in [3.8, 4) is 0 Å². The summed E-state index contributed by atoms with van der Waals surface area (Å²) in [4.78, 5) is 13.1. The highest BCUT2D eigenvalue weighted by Crippen LogP contribution is 2.42. The summed E-state index contributed by atoms with van der Waals surface area (Å²) in [5, 5.41) is -0.203. The van der Waals surface area contributed by atoms with Gasteiger partial charge in [-0.05, 0) is 50.1 Å². The lowest BCUT2D eigenvalue weighted by atomic mass is 10.1. The first-order valence-corrected chi connectivity index (χ1v) is 13.6. The van der Waals surface area contributed by atoms with Gasteiger partial charge in [0.2, 0.25) is 0 Å². The predicted molar refractivity (Wildman–Crippen MR) is 124 cm³/mol. The summed E-state index contributed by atoms with van der Waals surface area (Å²) in [5.41, 5.74) is 0.510. The van der Waals surface area contributed by atoms with Gasteiger partial charge in [-0.15, -0.1) is 15.0 Å². The molecule has 32 heavy (non-hydrogen) atoms. The summed E-state index contributed by atoms with van der Waals surface area (Å²) in [7, 11) is -9.19. The van der Waals surface area contributed by atoms with Gasteiger partial charge in [0.05, 0.1) is 22.0 Å². The average Bonchev–Trinajstić information content (AvgIpc) is 3.10. The second kappa shape index (κ2) is 9.43. The SMILES string of the molecule is CCOC(=O)c1c(N(S(=O)(=O)c2ccccc2)S(=O)(=O)c2ccccc2)sc(C)c1CC. The highest BCUT2D eigenvalue weighted by molar-refractivity contribution is 8.10. The Labute approximate surface area is 192 Å². The molecule has 0 bridgehead atoms. The molecule has 1 aromatic heterocycles. The first kappa shape index (κ1) is 24.0. The molecule has 0 saturated carbocycles. The van der Waals surface area contributed by atoms with Crippen LogP contribution >= 0.6 is 11.3 Å². The van der Waals surface area contributed by atoms with E-state index >= 15 is 0 Å². The molecular formula is C22H23NO6S3. The quantitative estimate of drug-likeness (QED) is 0.432. The van der Waals surface area contributed by atoms with Crippen molar-refractivity contribution in [2.24, 2.45) is 0 Å². The third-order valence-electron chi connectivity index (χ3n) is 4.71. The van der Waals surface area contributed by atoms with Crippen LogP contribution in [0.4, 0.5) is 5.00 Å². The molecule has 0 aliphatic heterocycles. The number of ether oxygens (including phenoxy) is 1. The molecule has 0 fully saturated rings. The standard InChI is InChI=1S/C22H23NO6S3/c1-4-19-16(3)30-21(20(19)22(24)29-5-2)23(31(25,26)17-12-8-6-9-13-17)32(27,28)18-14-10-7-11-15-18/h6-15H,4-5H2,1-3H3. The van der Waals surface area contributed by atoms with Crippen molar-refractivity contribution in [1.82, 2.24) is 0 Å². The number of hydrogen-bond donors (Lipinski definition) is 0. The molecule has 0 saturated heterocycles. The molecule has 170 valence electrons. The highest BCUT2D eigenvalue weighted by atomic mass is 32.3. The molecule has 0 spiro atoms. The van der Waals surface area contributed by atoms with E-state index < -0.39 is 26.0 Å². The van der Waals surface area contributed by atoms with Crippen molar-refractivity contribution in [2.45, 2.75) is 37.0 Å². The molecule has 10 heteroatoms. The van der Waals surface area contributed by atoms with Crippen molar-refractivity contribution in [1.29, 1.82) is 0 Å². The Morgan fingerprint density at radius 2 is 1.34 bits per heavy atom. The summed E-state index contributed by atoms with van der Waals surface area (Å²) in [6, 6.07) is 14.5. The minimum atomic E-state index is -4.59. The van der Waals surface area contributed by atoms with E-state index in [0.29, 0.717) is 20.6 Å². The lowest BCUT2D eigenvalue weighted by Gasteiger charge is -2.24. The summed E-state index contributed by atoms with van der Waals surface area (Å²) in [5.74, 6) is -0.764. The van der Waals surface area contributed by atoms with E-state index in [-0.39, 0.29) is 27.0 Å². The third-order valence-corrected chi connectivity index (χ3v) is 10.2. The van der Waals surface area contributed by atoms with Crippen LogP contribution in [0.1, 0.15) is 34.6 Å². The number of anilines is 1. The number of aryl methyl sites for hydroxylation is 1. The third kappa shape index (κ3) is 4.30. The Morgan fingerprint density at radius 3 is 1.75 bits per heavy atom. The minimum Gasteiger partial charge on any atom is -0.462 e. The molecule has 3 aromatic rings. The molecule has 0 atom stereocenters. The number of sulfonamides is 2. The molecule has 0 radical (unpaired) electrons. The topological polar surface area (TPSA) is 97.8 Å². The van der Waals surface area contributed by atoms with E-state index in [1.165, 1.54) is 48.5 Å². The lowest BCUT2D eigenvalue weighted by molar-refractivity contribution is 0.0527. The fraction of sp³-hybridized carbons (Fsp3) is 0.227. The number of rotatable bonds is 8. The van der Waals surface area contributed by atoms with Gasteiger partial charge in [0.1, 0.15) is 5.00 Å². The van der Waals surface area contributed by atoms with Crippen LogP contribution in [0.5, 0.6) is 0 Å². The maximum Gasteiger partial charge on any atom is 0.341 e. The van der Waals surface area contributed by atoms with E-state index in [1.54, 1.807) is 26.0 Å². The largest absolute Gasteiger partial charge is 0.462 e. The van der Waals surface area contributed by atoms with Crippen LogP contribution in [0, 0.1) is 6.92 Å². The zero-order valence-electron chi connectivity index (χ0n) is 17.8. The van der Waals surface area contributed by atoms with Gasteiger partial charge in [-0.2, -0.15) is 16.8 Å². The number of benzene rings is 2. The number of nitrogens with zero attached hydrogens (tertiary/aromatic N) is 1. The molecule has 1 heterocycles. The van der Waals surface area contributed by atoms with E-state index in [1.807, 2.05) is 6.92 Å². The second-order valence-corrected chi connectivity index (χ2v) is 11.7. The number of carbonyl (C=O) groups excluding carboxylic acids is 1. The van der Waals surface area contributed by atoms with Crippen LogP contribution in [0.2, 0.25) is 0 Å². The molecule has 7 nitrogen and oxygen atoms in total. The van der Waals surface area contributed by atoms with Gasteiger partial charge in [0.15, 0.2) is 0 Å². The summed E-state index contributed by atoms with van der Waals surface area (Å²) < 4.78 is 60.3. The van der Waals surface area contributed by atoms with Gasteiger partial charge in [-0.3, -0.25) is 0 Å². The van der Waals surface area contributed by atoms with Gasteiger partial charge in [0.25, 0.3) is 20.0 Å². The second-order valence-electron chi connectivity index (χ2n) is 6.72. The molecule has 0 aliphatic carbocycles. The number of esters is 1. The lowest BCUT2D eigenvalue weighted by Crippen LogP contribution is -2.37. The monoisotopic (exact) mass is 493 g/mol. The van der Waals surface area contributed by atoms with Gasteiger partial charge < -0.3 is 4.74 Å². The van der Waals surface area contributed by atoms with E-state index in [9.17, 15) is 21.6 Å². The van der Waals surface area contributed by atoms with Crippen LogP contribution < -0.4 is 3.71 Å². The van der Waals surface area contributed by atoms with Crippen LogP contribution in [0.3, 0.4) is 0 Å². The molecule has 3 rings (SSSR count). The van der Waals surface area contributed by atoms with Gasteiger partial charge in [-0.25, -0.2) is 4.79 Å². The van der Waals surface area contributed by atoms with Crippen molar-refractivity contribution >= 4 is 42.4 Å². The fourth-order valence-corrected chi connectivity index (χ4v) is 8.66. The maximum atomic E-state index is 13.7.